The van der Waals surface area contributed by atoms with Crippen LogP contribution in [0.25, 0.3) is 0 Å². The molecule has 0 amide bonds. The highest BCUT2D eigenvalue weighted by Crippen LogP contribution is 2.32. The van der Waals surface area contributed by atoms with Gasteiger partial charge in [0.1, 0.15) is 16.9 Å². The van der Waals surface area contributed by atoms with Crippen LogP contribution in [0.1, 0.15) is 31.7 Å². The molecule has 2 atom stereocenters. The normalized spacial score (nSPS) is 26.9. The van der Waals surface area contributed by atoms with Crippen molar-refractivity contribution in [2.45, 2.75) is 38.3 Å². The summed E-state index contributed by atoms with van der Waals surface area (Å²) < 4.78 is 0. The van der Waals surface area contributed by atoms with Crippen LogP contribution in [0, 0.1) is 11.3 Å². The quantitative estimate of drug-likeness (QED) is 0.797. The van der Waals surface area contributed by atoms with Crippen molar-refractivity contribution in [3.63, 3.8) is 0 Å². The van der Waals surface area contributed by atoms with E-state index in [4.69, 9.17) is 16.9 Å². The number of rotatable bonds is 1. The molecule has 3 rings (SSSR count). The molecule has 20 heavy (non-hydrogen) atoms. The Labute approximate surface area is 125 Å². The summed E-state index contributed by atoms with van der Waals surface area (Å²) in [6.45, 7) is 5.44. The molecule has 2 aliphatic rings. The molecule has 0 spiro atoms. The molecule has 0 aliphatic carbocycles. The molecule has 5 heteroatoms. The van der Waals surface area contributed by atoms with E-state index in [2.05, 4.69) is 27.8 Å². The summed E-state index contributed by atoms with van der Waals surface area (Å²) in [7, 11) is 0. The van der Waals surface area contributed by atoms with E-state index in [9.17, 15) is 0 Å². The fourth-order valence-electron chi connectivity index (χ4n) is 3.37. The molecule has 3 heterocycles. The lowest BCUT2D eigenvalue weighted by atomic mass is 9.97. The number of fused-ring (bicyclic) bond motifs is 1. The van der Waals surface area contributed by atoms with Gasteiger partial charge in [0.05, 0.1) is 5.56 Å². The van der Waals surface area contributed by atoms with Crippen LogP contribution < -0.4 is 4.90 Å². The van der Waals surface area contributed by atoms with Crippen molar-refractivity contribution in [1.82, 2.24) is 9.88 Å². The van der Waals surface area contributed by atoms with Gasteiger partial charge in [0.25, 0.3) is 0 Å². The van der Waals surface area contributed by atoms with Crippen LogP contribution in [0.4, 0.5) is 5.82 Å². The Morgan fingerprint density at radius 1 is 1.40 bits per heavy atom. The molecule has 2 saturated heterocycles. The van der Waals surface area contributed by atoms with E-state index >= 15 is 0 Å². The summed E-state index contributed by atoms with van der Waals surface area (Å²) in [6, 6.07) is 4.79. The molecule has 2 unspecified atom stereocenters. The minimum Gasteiger partial charge on any atom is -0.350 e. The number of hydrogen-bond acceptors (Lipinski definition) is 4. The Balaban J connectivity index is 1.88. The van der Waals surface area contributed by atoms with Gasteiger partial charge < -0.3 is 4.90 Å². The standard InChI is InChI=1S/C15H19ClN4/c1-11-9-19-7-3-2-4-13(19)10-20(11)15-14(16)12(8-17)5-6-18-15/h5-6,11,13H,2-4,7,9-10H2,1H3. The van der Waals surface area contributed by atoms with Crippen molar-refractivity contribution >= 4 is 17.4 Å². The predicted molar refractivity (Wildman–Crippen MR) is 80.0 cm³/mol. The summed E-state index contributed by atoms with van der Waals surface area (Å²) in [5.41, 5.74) is 0.509. The summed E-state index contributed by atoms with van der Waals surface area (Å²) in [5.74, 6) is 0.767. The molecule has 2 aliphatic heterocycles. The average Bonchev–Trinajstić information content (AvgIpc) is 2.47. The highest BCUT2D eigenvalue weighted by Gasteiger charge is 2.34. The highest BCUT2D eigenvalue weighted by molar-refractivity contribution is 6.34. The molecule has 0 aromatic carbocycles. The zero-order chi connectivity index (χ0) is 14.1. The van der Waals surface area contributed by atoms with Crippen molar-refractivity contribution in [1.29, 1.82) is 5.26 Å². The van der Waals surface area contributed by atoms with Crippen LogP contribution in [0.3, 0.4) is 0 Å². The molecule has 2 fully saturated rings. The van der Waals surface area contributed by atoms with Gasteiger partial charge in [-0.1, -0.05) is 18.0 Å². The van der Waals surface area contributed by atoms with Crippen molar-refractivity contribution in [3.05, 3.63) is 22.8 Å². The van der Waals surface area contributed by atoms with E-state index in [0.717, 1.165) is 18.9 Å². The molecule has 106 valence electrons. The van der Waals surface area contributed by atoms with Gasteiger partial charge in [-0.05, 0) is 32.4 Å². The topological polar surface area (TPSA) is 43.2 Å². The minimum atomic E-state index is 0.378. The number of nitrogens with zero attached hydrogens (tertiary/aromatic N) is 4. The number of piperidine rings is 1. The Morgan fingerprint density at radius 3 is 3.05 bits per heavy atom. The zero-order valence-corrected chi connectivity index (χ0v) is 12.5. The van der Waals surface area contributed by atoms with Gasteiger partial charge in [-0.15, -0.1) is 0 Å². The Hall–Kier alpha value is -1.31. The maximum Gasteiger partial charge on any atom is 0.149 e. The van der Waals surface area contributed by atoms with Crippen LogP contribution in [0.15, 0.2) is 12.3 Å². The first-order valence-corrected chi connectivity index (χ1v) is 7.64. The van der Waals surface area contributed by atoms with Gasteiger partial charge >= 0.3 is 0 Å². The maximum absolute atomic E-state index is 9.11. The average molecular weight is 291 g/mol. The van der Waals surface area contributed by atoms with Gasteiger partial charge in [-0.25, -0.2) is 4.98 Å². The molecular formula is C15H19ClN4. The number of aromatic nitrogens is 1. The number of pyridine rings is 1. The molecule has 4 nitrogen and oxygen atoms in total. The van der Waals surface area contributed by atoms with Crippen molar-refractivity contribution in [3.8, 4) is 6.07 Å². The van der Waals surface area contributed by atoms with Gasteiger partial charge in [-0.3, -0.25) is 4.90 Å². The van der Waals surface area contributed by atoms with E-state index in [0.29, 0.717) is 22.7 Å². The van der Waals surface area contributed by atoms with E-state index in [1.807, 2.05) is 0 Å². The molecule has 1 aromatic rings. The van der Waals surface area contributed by atoms with Crippen LogP contribution in [0.2, 0.25) is 5.02 Å². The summed E-state index contributed by atoms with van der Waals surface area (Å²) in [4.78, 5) is 9.29. The summed E-state index contributed by atoms with van der Waals surface area (Å²) in [6.07, 6.45) is 5.55. The van der Waals surface area contributed by atoms with Gasteiger partial charge in [-0.2, -0.15) is 5.26 Å². The van der Waals surface area contributed by atoms with E-state index < -0.39 is 0 Å². The second kappa shape index (κ2) is 5.59. The number of piperazine rings is 1. The third-order valence-electron chi connectivity index (χ3n) is 4.45. The first-order valence-electron chi connectivity index (χ1n) is 7.26. The summed E-state index contributed by atoms with van der Waals surface area (Å²) >= 11 is 6.34. The van der Waals surface area contributed by atoms with Gasteiger partial charge in [0.15, 0.2) is 0 Å². The predicted octanol–water partition coefficient (Wildman–Crippen LogP) is 2.67. The number of anilines is 1. The van der Waals surface area contributed by atoms with Crippen LogP contribution in [-0.2, 0) is 0 Å². The van der Waals surface area contributed by atoms with Crippen molar-refractivity contribution < 1.29 is 0 Å². The lowest BCUT2D eigenvalue weighted by Crippen LogP contribution is -2.59. The number of halogens is 1. The molecule has 0 radical (unpaired) electrons. The second-order valence-corrected chi connectivity index (χ2v) is 6.13. The Morgan fingerprint density at radius 2 is 2.25 bits per heavy atom. The van der Waals surface area contributed by atoms with Gasteiger partial charge in [0.2, 0.25) is 0 Å². The first-order chi connectivity index (χ1) is 9.70. The third-order valence-corrected chi connectivity index (χ3v) is 4.82. The molecule has 0 saturated carbocycles. The highest BCUT2D eigenvalue weighted by atomic mass is 35.5. The Bertz CT molecular complexity index is 539. The largest absolute Gasteiger partial charge is 0.350 e. The van der Waals surface area contributed by atoms with E-state index in [1.54, 1.807) is 12.3 Å². The fourth-order valence-corrected chi connectivity index (χ4v) is 3.63. The lowest BCUT2D eigenvalue weighted by molar-refractivity contribution is 0.115. The van der Waals surface area contributed by atoms with Gasteiger partial charge in [0, 0.05) is 31.4 Å². The SMILES string of the molecule is CC1CN2CCCCC2CN1c1nccc(C#N)c1Cl. The smallest absolute Gasteiger partial charge is 0.149 e. The van der Waals surface area contributed by atoms with E-state index in [1.165, 1.54) is 25.8 Å². The first kappa shape index (κ1) is 13.7. The number of hydrogen-bond donors (Lipinski definition) is 0. The van der Waals surface area contributed by atoms with E-state index in [-0.39, 0.29) is 0 Å². The molecule has 1 aromatic heterocycles. The lowest BCUT2D eigenvalue weighted by Gasteiger charge is -2.48. The third kappa shape index (κ3) is 2.36. The fraction of sp³-hybridized carbons (Fsp3) is 0.600. The Kier molecular flexibility index (Phi) is 3.82. The summed E-state index contributed by atoms with van der Waals surface area (Å²) in [5, 5.41) is 9.60. The minimum absolute atomic E-state index is 0.378. The van der Waals surface area contributed by atoms with Crippen LogP contribution >= 0.6 is 11.6 Å². The van der Waals surface area contributed by atoms with Crippen LogP contribution in [0.5, 0.6) is 0 Å². The second-order valence-electron chi connectivity index (χ2n) is 5.75. The molecule has 0 N–H and O–H groups in total. The monoisotopic (exact) mass is 290 g/mol. The van der Waals surface area contributed by atoms with Crippen molar-refractivity contribution in [2.24, 2.45) is 0 Å². The molecule has 0 bridgehead atoms. The maximum atomic E-state index is 9.11. The number of nitriles is 1. The zero-order valence-electron chi connectivity index (χ0n) is 11.7. The van der Waals surface area contributed by atoms with Crippen molar-refractivity contribution in [2.75, 3.05) is 24.5 Å². The van der Waals surface area contributed by atoms with Crippen LogP contribution in [-0.4, -0.2) is 41.6 Å². The molecular weight excluding hydrogens is 272 g/mol.